The summed E-state index contributed by atoms with van der Waals surface area (Å²) in [6.45, 7) is 3.32. The summed E-state index contributed by atoms with van der Waals surface area (Å²) in [7, 11) is -4.19. The highest BCUT2D eigenvalue weighted by atomic mass is 32.2. The highest BCUT2D eigenvalue weighted by Gasteiger charge is 2.77. The van der Waals surface area contributed by atoms with Gasteiger partial charge in [0.2, 0.25) is 10.0 Å². The van der Waals surface area contributed by atoms with Crippen LogP contribution >= 0.6 is 0 Å². The molecule has 0 spiro atoms. The van der Waals surface area contributed by atoms with E-state index in [0.717, 1.165) is 5.56 Å². The van der Waals surface area contributed by atoms with E-state index in [2.05, 4.69) is 0 Å². The molecule has 0 aromatic heterocycles. The van der Waals surface area contributed by atoms with E-state index >= 15 is 4.39 Å². The van der Waals surface area contributed by atoms with Crippen molar-refractivity contribution in [3.63, 3.8) is 0 Å². The first kappa shape index (κ1) is 17.6. The average molecular weight is 363 g/mol. The second kappa shape index (κ2) is 6.24. The number of nitrogens with zero attached hydrogens (tertiary/aromatic N) is 1. The first-order chi connectivity index (χ1) is 11.8. The van der Waals surface area contributed by atoms with Crippen molar-refractivity contribution in [1.29, 1.82) is 0 Å². The smallest absolute Gasteiger partial charge is 0.362 e. The summed E-state index contributed by atoms with van der Waals surface area (Å²) >= 11 is 0. The summed E-state index contributed by atoms with van der Waals surface area (Å²) in [6.07, 6.45) is 0. The molecular formula is C18H18FNO4S. The number of rotatable bonds is 5. The Labute approximate surface area is 146 Å². The van der Waals surface area contributed by atoms with Crippen LogP contribution in [0.4, 0.5) is 4.39 Å². The van der Waals surface area contributed by atoms with E-state index in [-0.39, 0.29) is 11.5 Å². The zero-order valence-corrected chi connectivity index (χ0v) is 14.7. The van der Waals surface area contributed by atoms with Gasteiger partial charge >= 0.3 is 5.97 Å². The number of ether oxygens (including phenoxy) is 1. The number of halogens is 1. The van der Waals surface area contributed by atoms with Crippen LogP contribution in [0.1, 0.15) is 24.1 Å². The van der Waals surface area contributed by atoms with Crippen LogP contribution < -0.4 is 0 Å². The predicted octanol–water partition coefficient (Wildman–Crippen LogP) is 2.97. The Kier molecular flexibility index (Phi) is 4.38. The van der Waals surface area contributed by atoms with Crippen LogP contribution in [-0.4, -0.2) is 31.1 Å². The lowest BCUT2D eigenvalue weighted by molar-refractivity contribution is -0.152. The maximum atomic E-state index is 15.4. The number of aryl methyl sites for hydroxylation is 1. The van der Waals surface area contributed by atoms with Crippen molar-refractivity contribution in [3.8, 4) is 0 Å². The molecule has 1 aliphatic heterocycles. The molecular weight excluding hydrogens is 345 g/mol. The first-order valence-electron chi connectivity index (χ1n) is 7.85. The van der Waals surface area contributed by atoms with Gasteiger partial charge in [-0.3, -0.25) is 0 Å². The molecule has 0 bridgehead atoms. The van der Waals surface area contributed by atoms with Crippen molar-refractivity contribution in [3.05, 3.63) is 65.7 Å². The van der Waals surface area contributed by atoms with Crippen LogP contribution in [0.3, 0.4) is 0 Å². The highest BCUT2D eigenvalue weighted by molar-refractivity contribution is 7.89. The molecule has 0 amide bonds. The molecule has 25 heavy (non-hydrogen) atoms. The lowest BCUT2D eigenvalue weighted by atomic mass is 10.1. The monoisotopic (exact) mass is 363 g/mol. The average Bonchev–Trinajstić information content (AvgIpc) is 3.25. The fraction of sp³-hybridized carbons (Fsp3) is 0.278. The Bertz CT molecular complexity index is 883. The summed E-state index contributed by atoms with van der Waals surface area (Å²) in [5.41, 5.74) is 1.27. The Morgan fingerprint density at radius 1 is 1.16 bits per heavy atom. The van der Waals surface area contributed by atoms with E-state index in [1.54, 1.807) is 49.4 Å². The minimum atomic E-state index is -4.19. The molecule has 1 fully saturated rings. The summed E-state index contributed by atoms with van der Waals surface area (Å²) in [6, 6.07) is 13.0. The standard InChI is InChI=1S/C18H18FNO4S/c1-3-24-17(21)18(19)16(14-7-5-4-6-8-14)20(18)25(22,23)15-11-9-13(2)10-12-15/h4-12,16H,3H2,1-2H3/t16-,18+,20?/m0/s1. The SMILES string of the molecule is CCOC(=O)[C@@]1(F)[C@H](c2ccccc2)N1S(=O)(=O)c1ccc(C)cc1. The number of carbonyl (C=O) groups excluding carboxylic acids is 1. The second-order valence-electron chi connectivity index (χ2n) is 5.82. The maximum absolute atomic E-state index is 15.4. The van der Waals surface area contributed by atoms with E-state index in [4.69, 9.17) is 4.74 Å². The topological polar surface area (TPSA) is 63.5 Å². The molecule has 7 heteroatoms. The number of carbonyl (C=O) groups is 1. The molecule has 1 saturated heterocycles. The summed E-state index contributed by atoms with van der Waals surface area (Å²) in [5, 5.41) is 0. The molecule has 1 heterocycles. The minimum Gasteiger partial charge on any atom is -0.463 e. The lowest BCUT2D eigenvalue weighted by Gasteiger charge is -2.09. The van der Waals surface area contributed by atoms with Gasteiger partial charge in [-0.2, -0.15) is 0 Å². The summed E-state index contributed by atoms with van der Waals surface area (Å²) in [4.78, 5) is 12.1. The number of sulfonamides is 1. The van der Waals surface area contributed by atoms with Gasteiger partial charge in [0.25, 0.3) is 5.79 Å². The predicted molar refractivity (Wildman–Crippen MR) is 89.9 cm³/mol. The van der Waals surface area contributed by atoms with Crippen molar-refractivity contribution in [2.45, 2.75) is 30.6 Å². The molecule has 0 aliphatic carbocycles. The van der Waals surface area contributed by atoms with E-state index in [1.807, 2.05) is 6.92 Å². The van der Waals surface area contributed by atoms with Gasteiger partial charge in [-0.1, -0.05) is 48.0 Å². The zero-order chi connectivity index (χ0) is 18.2. The lowest BCUT2D eigenvalue weighted by Crippen LogP contribution is -2.30. The van der Waals surface area contributed by atoms with Gasteiger partial charge in [0.05, 0.1) is 11.5 Å². The van der Waals surface area contributed by atoms with Gasteiger partial charge in [0.1, 0.15) is 6.04 Å². The fourth-order valence-electron chi connectivity index (χ4n) is 2.81. The van der Waals surface area contributed by atoms with Gasteiger partial charge in [-0.15, -0.1) is 4.31 Å². The minimum absolute atomic E-state index is 0.0373. The fourth-order valence-corrected chi connectivity index (χ4v) is 4.53. The number of hydrogen-bond acceptors (Lipinski definition) is 4. The van der Waals surface area contributed by atoms with E-state index in [0.29, 0.717) is 9.87 Å². The third kappa shape index (κ3) is 2.83. The maximum Gasteiger partial charge on any atom is 0.362 e. The van der Waals surface area contributed by atoms with Crippen LogP contribution in [0, 0.1) is 6.92 Å². The Morgan fingerprint density at radius 3 is 2.32 bits per heavy atom. The quantitative estimate of drug-likeness (QED) is 0.465. The van der Waals surface area contributed by atoms with Crippen molar-refractivity contribution in [2.75, 3.05) is 6.61 Å². The molecule has 0 N–H and O–H groups in total. The molecule has 132 valence electrons. The van der Waals surface area contributed by atoms with Crippen LogP contribution in [0.2, 0.25) is 0 Å². The largest absolute Gasteiger partial charge is 0.463 e. The second-order valence-corrected chi connectivity index (χ2v) is 7.64. The normalized spacial score (nSPS) is 25.4. The number of benzene rings is 2. The van der Waals surface area contributed by atoms with Gasteiger partial charge in [0.15, 0.2) is 0 Å². The molecule has 3 atom stereocenters. The summed E-state index contributed by atoms with van der Waals surface area (Å²) in [5.74, 6) is -3.93. The molecule has 0 saturated carbocycles. The van der Waals surface area contributed by atoms with Crippen LogP contribution in [0.15, 0.2) is 59.5 Å². The third-order valence-corrected chi connectivity index (χ3v) is 5.97. The van der Waals surface area contributed by atoms with Gasteiger partial charge < -0.3 is 4.74 Å². The summed E-state index contributed by atoms with van der Waals surface area (Å²) < 4.78 is 46.6. The van der Waals surface area contributed by atoms with Crippen LogP contribution in [-0.2, 0) is 19.6 Å². The first-order valence-corrected chi connectivity index (χ1v) is 9.29. The number of alkyl halides is 1. The molecule has 2 aromatic carbocycles. The number of hydrogen-bond donors (Lipinski definition) is 0. The van der Waals surface area contributed by atoms with Crippen molar-refractivity contribution in [2.24, 2.45) is 0 Å². The van der Waals surface area contributed by atoms with E-state index < -0.39 is 27.8 Å². The zero-order valence-electron chi connectivity index (χ0n) is 13.8. The van der Waals surface area contributed by atoms with Crippen LogP contribution in [0.25, 0.3) is 0 Å². The van der Waals surface area contributed by atoms with Gasteiger partial charge in [-0.05, 0) is 31.5 Å². The highest BCUT2D eigenvalue weighted by Crippen LogP contribution is 2.58. The number of esters is 1. The Morgan fingerprint density at radius 2 is 1.76 bits per heavy atom. The van der Waals surface area contributed by atoms with E-state index in [1.165, 1.54) is 12.1 Å². The molecule has 3 rings (SSSR count). The van der Waals surface area contributed by atoms with Gasteiger partial charge in [0, 0.05) is 0 Å². The molecule has 0 radical (unpaired) electrons. The Hall–Kier alpha value is -2.25. The van der Waals surface area contributed by atoms with Crippen molar-refractivity contribution in [1.82, 2.24) is 4.31 Å². The van der Waals surface area contributed by atoms with Crippen molar-refractivity contribution < 1.29 is 22.3 Å². The third-order valence-electron chi connectivity index (χ3n) is 4.10. The molecule has 1 unspecified atom stereocenters. The molecule has 2 aromatic rings. The molecule has 5 nitrogen and oxygen atoms in total. The molecule has 1 aliphatic rings. The van der Waals surface area contributed by atoms with Gasteiger partial charge in [-0.25, -0.2) is 17.6 Å². The van der Waals surface area contributed by atoms with Crippen LogP contribution in [0.5, 0.6) is 0 Å². The Balaban J connectivity index is 2.05. The van der Waals surface area contributed by atoms with Crippen molar-refractivity contribution >= 4 is 16.0 Å². The van der Waals surface area contributed by atoms with E-state index in [9.17, 15) is 13.2 Å².